The highest BCUT2D eigenvalue weighted by Gasteiger charge is 2.26. The second-order valence-electron chi connectivity index (χ2n) is 39.7. The Kier molecular flexibility index (Phi) is 29.0. The fraction of sp³-hybridized carbons (Fsp3) is 0.521. The van der Waals surface area contributed by atoms with Crippen LogP contribution in [0.25, 0.3) is 21.9 Å². The minimum atomic E-state index is 0. The van der Waals surface area contributed by atoms with Crippen molar-refractivity contribution in [2.24, 2.45) is 0 Å². The maximum absolute atomic E-state index is 2.34. The van der Waals surface area contributed by atoms with Gasteiger partial charge < -0.3 is 0 Å². The third-order valence-electron chi connectivity index (χ3n) is 18.1. The normalized spacial score (nSPS) is 12.8. The molecule has 0 aliphatic carbocycles. The number of aryl methyl sites for hydroxylation is 1. The van der Waals surface area contributed by atoms with Gasteiger partial charge in [-0.1, -0.05) is 433 Å². The van der Waals surface area contributed by atoms with Crippen molar-refractivity contribution in [2.45, 2.75) is 329 Å². The Hall–Kier alpha value is -5.98. The highest BCUT2D eigenvalue weighted by Crippen LogP contribution is 2.37. The lowest BCUT2D eigenvalue weighted by Crippen LogP contribution is -2.21. The van der Waals surface area contributed by atoms with Crippen LogP contribution in [0, 0.1) is 6.92 Å². The Morgan fingerprint density at radius 3 is 0.625 bits per heavy atom. The van der Waals surface area contributed by atoms with Crippen molar-refractivity contribution in [1.82, 2.24) is 0 Å². The lowest BCUT2D eigenvalue weighted by atomic mass is 9.75. The van der Waals surface area contributed by atoms with Crippen LogP contribution in [0.1, 0.15) is 329 Å². The van der Waals surface area contributed by atoms with Gasteiger partial charge in [0.25, 0.3) is 0 Å². The van der Waals surface area contributed by atoms with Crippen LogP contribution in [-0.4, -0.2) is 0 Å². The zero-order valence-electron chi connectivity index (χ0n) is 68.2. The van der Waals surface area contributed by atoms with Gasteiger partial charge in [-0.2, -0.15) is 0 Å². The molecule has 0 aliphatic heterocycles. The molecule has 0 amide bonds. The van der Waals surface area contributed by atoms with Crippen LogP contribution in [0.3, 0.4) is 0 Å². The van der Waals surface area contributed by atoms with Gasteiger partial charge in [0.1, 0.15) is 0 Å². The second kappa shape index (κ2) is 32.3. The van der Waals surface area contributed by atoms with Gasteiger partial charge in [-0.15, -0.1) is 0 Å². The SMILES string of the molecule is C.CC(C)(C)c1ccc(-c2ccc(C(C)(C)C)cc2)cc1.CC(C)(C)c1ccc(C(C)(C)C)cc1.CC(C)(C)c1ccc2ccc(C(C)(C)C)cc2c1.CC(C)(C)c1cccc(C(C)(C)C)c1.CC(C)(C)c1ccccc1C(C)(C)C.Cc1cc(C(C)(C)C)ccc1C(C)(C)C. The molecule has 0 aromatic heterocycles. The van der Waals surface area contributed by atoms with Crippen molar-refractivity contribution in [3.05, 3.63) is 248 Å². The zero-order chi connectivity index (χ0) is 73.3. The Morgan fingerprint density at radius 1 is 0.167 bits per heavy atom. The van der Waals surface area contributed by atoms with Gasteiger partial charge in [0, 0.05) is 0 Å². The predicted molar refractivity (Wildman–Crippen MR) is 437 cm³/mol. The maximum atomic E-state index is 2.34. The lowest BCUT2D eigenvalue weighted by Gasteiger charge is -2.29. The first-order valence-corrected chi connectivity index (χ1v) is 35.8. The summed E-state index contributed by atoms with van der Waals surface area (Å²) >= 11 is 0. The molecule has 8 aromatic rings. The van der Waals surface area contributed by atoms with Crippen molar-refractivity contribution < 1.29 is 0 Å². The van der Waals surface area contributed by atoms with E-state index in [1.165, 1.54) is 94.2 Å². The molecule has 528 valence electrons. The first-order chi connectivity index (χ1) is 42.6. The Balaban J connectivity index is 0.000000394. The average molecular weight is 1300 g/mol. The molecule has 0 N–H and O–H groups in total. The minimum Gasteiger partial charge on any atom is -0.0776 e. The van der Waals surface area contributed by atoms with E-state index in [0.29, 0.717) is 0 Å². The van der Waals surface area contributed by atoms with E-state index in [9.17, 15) is 0 Å². The molecule has 0 aliphatic rings. The van der Waals surface area contributed by atoms with Crippen molar-refractivity contribution in [1.29, 1.82) is 0 Å². The summed E-state index contributed by atoms with van der Waals surface area (Å²) in [6, 6.07) is 65.1. The monoisotopic (exact) mass is 1300 g/mol. The molecule has 0 atom stereocenters. The van der Waals surface area contributed by atoms with Crippen LogP contribution in [-0.2, 0) is 65.0 Å². The van der Waals surface area contributed by atoms with Gasteiger partial charge in [0.15, 0.2) is 0 Å². The van der Waals surface area contributed by atoms with E-state index in [0.717, 1.165) is 0 Å². The molecule has 0 fully saturated rings. The van der Waals surface area contributed by atoms with E-state index in [-0.39, 0.29) is 72.4 Å². The first-order valence-electron chi connectivity index (χ1n) is 35.8. The number of fused-ring (bicyclic) bond motifs is 1. The molecule has 0 radical (unpaired) electrons. The van der Waals surface area contributed by atoms with Crippen molar-refractivity contribution in [2.75, 3.05) is 0 Å². The van der Waals surface area contributed by atoms with Crippen molar-refractivity contribution >= 4 is 10.8 Å². The summed E-state index contributed by atoms with van der Waals surface area (Å²) in [4.78, 5) is 0. The molecule has 0 bridgehead atoms. The maximum Gasteiger partial charge on any atom is -0.0129 e. The smallest absolute Gasteiger partial charge is 0.0129 e. The van der Waals surface area contributed by atoms with E-state index >= 15 is 0 Å². The van der Waals surface area contributed by atoms with Crippen LogP contribution in [0.15, 0.2) is 176 Å². The van der Waals surface area contributed by atoms with Gasteiger partial charge >= 0.3 is 0 Å². The van der Waals surface area contributed by atoms with Crippen LogP contribution in [0.5, 0.6) is 0 Å². The molecule has 0 heterocycles. The number of benzene rings is 8. The van der Waals surface area contributed by atoms with E-state index in [1.54, 1.807) is 0 Å². The van der Waals surface area contributed by atoms with Crippen molar-refractivity contribution in [3.63, 3.8) is 0 Å². The van der Waals surface area contributed by atoms with Gasteiger partial charge in [0.05, 0.1) is 0 Å². The van der Waals surface area contributed by atoms with Gasteiger partial charge in [0.2, 0.25) is 0 Å². The highest BCUT2D eigenvalue weighted by atomic mass is 14.3. The number of hydrogen-bond donors (Lipinski definition) is 0. The molecule has 96 heavy (non-hydrogen) atoms. The molecule has 0 nitrogen and oxygen atoms in total. The Morgan fingerprint density at radius 2 is 0.385 bits per heavy atom. The minimum absolute atomic E-state index is 0. The largest absolute Gasteiger partial charge is 0.0776 e. The van der Waals surface area contributed by atoms with Gasteiger partial charge in [-0.05, 0) is 166 Å². The Labute approximate surface area is 595 Å². The molecule has 0 saturated heterocycles. The molecule has 0 unspecified atom stereocenters. The first kappa shape index (κ1) is 86.1. The quantitative estimate of drug-likeness (QED) is 0.154. The summed E-state index contributed by atoms with van der Waals surface area (Å²) < 4.78 is 0. The van der Waals surface area contributed by atoms with E-state index < -0.39 is 0 Å². The van der Waals surface area contributed by atoms with Crippen LogP contribution >= 0.6 is 0 Å². The van der Waals surface area contributed by atoms with E-state index in [4.69, 9.17) is 0 Å². The molecule has 8 rings (SSSR count). The van der Waals surface area contributed by atoms with Gasteiger partial charge in [-0.3, -0.25) is 0 Å². The fourth-order valence-corrected chi connectivity index (χ4v) is 11.2. The summed E-state index contributed by atoms with van der Waals surface area (Å²) in [5.41, 5.74) is 23.9. The molecular weight excluding hydrogens is 1150 g/mol. The van der Waals surface area contributed by atoms with Crippen LogP contribution in [0.4, 0.5) is 0 Å². The fourth-order valence-electron chi connectivity index (χ4n) is 11.2. The third kappa shape index (κ3) is 27.4. The zero-order valence-corrected chi connectivity index (χ0v) is 68.2. The lowest BCUT2D eigenvalue weighted by molar-refractivity contribution is 0.530. The molecule has 0 spiro atoms. The van der Waals surface area contributed by atoms with Gasteiger partial charge in [-0.25, -0.2) is 0 Å². The summed E-state index contributed by atoms with van der Waals surface area (Å²) in [5.74, 6) is 0. The summed E-state index contributed by atoms with van der Waals surface area (Å²) in [6.07, 6.45) is 0. The molecular formula is C96H144. The van der Waals surface area contributed by atoms with E-state index in [1.807, 2.05) is 0 Å². The summed E-state index contributed by atoms with van der Waals surface area (Å²) in [6.45, 7) is 83.6. The summed E-state index contributed by atoms with van der Waals surface area (Å²) in [5, 5.41) is 2.69. The van der Waals surface area contributed by atoms with E-state index in [2.05, 4.69) is 432 Å². The number of hydrogen-bond acceptors (Lipinski definition) is 0. The Bertz CT molecular complexity index is 3430. The van der Waals surface area contributed by atoms with Crippen LogP contribution in [0.2, 0.25) is 0 Å². The summed E-state index contributed by atoms with van der Waals surface area (Å²) in [7, 11) is 0. The van der Waals surface area contributed by atoms with Crippen molar-refractivity contribution in [3.8, 4) is 11.1 Å². The number of rotatable bonds is 1. The average Bonchev–Trinajstić information content (AvgIpc) is 0.785. The topological polar surface area (TPSA) is 0 Å². The standard InChI is InChI=1S/C20H26.C18H24.C15H24.3C14H22.CH4/c1-19(2,3)17-11-7-15(8-12-17)16-9-13-18(14-10-16)20(4,5)6;1-17(2,3)15-9-7-13-8-10-16(18(4,5)6)12-14(13)11-15;1-11-10-12(14(2,3)4)8-9-13(11)15(5,6)7;1-13(2,3)11-7-9-12(10-8-11)14(4,5)6;1-13(2,3)11-8-7-9-12(10-11)14(4,5)6;1-13(2,3)11-9-7-8-10-12(11)14(4,5)6;/h7-14H,1-6H3;7-12H,1-6H3;8-10H,1-7H3;3*7-10H,1-6H3;1H4. The molecule has 0 heteroatoms. The second-order valence-corrected chi connectivity index (χ2v) is 39.7. The highest BCUT2D eigenvalue weighted by molar-refractivity contribution is 5.84. The predicted octanol–water partition coefficient (Wildman–Crippen LogP) is 29.5. The molecule has 0 saturated carbocycles. The van der Waals surface area contributed by atoms with Crippen LogP contribution < -0.4 is 0 Å². The molecule has 8 aromatic carbocycles. The third-order valence-corrected chi connectivity index (χ3v) is 18.1.